The van der Waals surface area contributed by atoms with Crippen molar-refractivity contribution in [3.8, 4) is 0 Å². The Labute approximate surface area is 73.7 Å². The van der Waals surface area contributed by atoms with Crippen molar-refractivity contribution in [3.63, 3.8) is 0 Å². The molecule has 0 N–H and O–H groups in total. The van der Waals surface area contributed by atoms with Crippen molar-refractivity contribution in [2.45, 2.75) is 13.5 Å². The molecular weight excluding hydrogens is 206 g/mol. The molecule has 0 spiro atoms. The Hall–Kier alpha value is -0.700. The Morgan fingerprint density at radius 2 is 2.27 bits per heavy atom. The molecule has 0 amide bonds. The van der Waals surface area contributed by atoms with Crippen LogP contribution in [0.5, 0.6) is 0 Å². The molecule has 0 aliphatic carbocycles. The van der Waals surface area contributed by atoms with Crippen LogP contribution in [0.3, 0.4) is 0 Å². The summed E-state index contributed by atoms with van der Waals surface area (Å²) in [6.45, 7) is 2.25. The van der Waals surface area contributed by atoms with Gasteiger partial charge >= 0.3 is 0 Å². The molecule has 0 unspecified atom stereocenters. The molecule has 1 aromatic rings. The van der Waals surface area contributed by atoms with Crippen LogP contribution in [0.25, 0.3) is 0 Å². The Morgan fingerprint density at radius 1 is 1.55 bits per heavy atom. The maximum Gasteiger partial charge on any atom is 0.106 e. The predicted molar refractivity (Wildman–Crippen MR) is 48.4 cm³/mol. The maximum absolute atomic E-state index is 9.91. The number of hydrogen-bond donors (Lipinski definition) is 0. The van der Waals surface area contributed by atoms with E-state index in [9.17, 15) is 4.91 Å². The third-order valence-corrected chi connectivity index (χ3v) is 2.34. The molecule has 11 heavy (non-hydrogen) atoms. The second-order valence-corrected chi connectivity index (χ2v) is 3.23. The van der Waals surface area contributed by atoms with Gasteiger partial charge in [0.1, 0.15) is 6.54 Å². The first-order valence-corrected chi connectivity index (χ1v) is 4.07. The van der Waals surface area contributed by atoms with Gasteiger partial charge in [0.15, 0.2) is 0 Å². The van der Waals surface area contributed by atoms with E-state index in [1.165, 1.54) is 5.56 Å². The molecule has 0 aromatic heterocycles. The van der Waals surface area contributed by atoms with E-state index in [-0.39, 0.29) is 6.54 Å². The van der Waals surface area contributed by atoms with E-state index in [0.717, 1.165) is 10.0 Å². The van der Waals surface area contributed by atoms with Crippen molar-refractivity contribution in [1.82, 2.24) is 0 Å². The topological polar surface area (TPSA) is 29.4 Å². The van der Waals surface area contributed by atoms with E-state index >= 15 is 0 Å². The number of aryl methyl sites for hydroxylation is 1. The minimum Gasteiger partial charge on any atom is -0.150 e. The minimum absolute atomic E-state index is 0.249. The largest absolute Gasteiger partial charge is 0.150 e. The molecule has 0 atom stereocenters. The third-order valence-electron chi connectivity index (χ3n) is 1.48. The van der Waals surface area contributed by atoms with Gasteiger partial charge in [-0.3, -0.25) is 0 Å². The zero-order chi connectivity index (χ0) is 8.27. The lowest BCUT2D eigenvalue weighted by Gasteiger charge is -1.98. The summed E-state index contributed by atoms with van der Waals surface area (Å²) in [7, 11) is 0. The molecule has 0 heterocycles. The smallest absolute Gasteiger partial charge is 0.106 e. The lowest BCUT2D eigenvalue weighted by molar-refractivity contribution is 1.05. The molecule has 3 heteroatoms. The Balaban J connectivity index is 2.95. The van der Waals surface area contributed by atoms with Gasteiger partial charge in [-0.15, -0.1) is 0 Å². The van der Waals surface area contributed by atoms with E-state index in [0.29, 0.717) is 0 Å². The summed E-state index contributed by atoms with van der Waals surface area (Å²) < 4.78 is 1.03. The van der Waals surface area contributed by atoms with Crippen LogP contribution in [0.2, 0.25) is 0 Å². The molecule has 0 aliphatic heterocycles. The predicted octanol–water partition coefficient (Wildman–Crippen LogP) is 3.02. The fourth-order valence-electron chi connectivity index (χ4n) is 0.809. The van der Waals surface area contributed by atoms with Crippen molar-refractivity contribution in [2.75, 3.05) is 0 Å². The number of rotatable bonds is 2. The zero-order valence-corrected chi connectivity index (χ0v) is 7.76. The average Bonchev–Trinajstić information content (AvgIpc) is 1.98. The molecule has 0 fully saturated rings. The molecule has 0 saturated carbocycles. The molecule has 1 aromatic carbocycles. The van der Waals surface area contributed by atoms with E-state index in [1.54, 1.807) is 0 Å². The highest BCUT2D eigenvalue weighted by Crippen LogP contribution is 2.17. The highest BCUT2D eigenvalue weighted by molar-refractivity contribution is 9.10. The van der Waals surface area contributed by atoms with Gasteiger partial charge in [-0.25, -0.2) is 0 Å². The van der Waals surface area contributed by atoms with Crippen molar-refractivity contribution in [1.29, 1.82) is 0 Å². The summed E-state index contributed by atoms with van der Waals surface area (Å²) in [6, 6.07) is 5.78. The van der Waals surface area contributed by atoms with Gasteiger partial charge in [0.2, 0.25) is 0 Å². The molecule has 0 aliphatic rings. The van der Waals surface area contributed by atoms with Crippen LogP contribution in [-0.4, -0.2) is 0 Å². The van der Waals surface area contributed by atoms with Gasteiger partial charge < -0.3 is 0 Å². The first kappa shape index (κ1) is 8.40. The number of nitroso groups, excluding NO2 is 1. The van der Waals surface area contributed by atoms with Crippen LogP contribution >= 0.6 is 15.9 Å². The van der Waals surface area contributed by atoms with Crippen LogP contribution in [0.4, 0.5) is 0 Å². The molecular formula is C8H8BrNO. The number of nitrogens with zero attached hydrogens (tertiary/aromatic N) is 1. The lowest BCUT2D eigenvalue weighted by atomic mass is 10.1. The molecule has 0 saturated heterocycles. The second-order valence-electron chi connectivity index (χ2n) is 2.37. The molecule has 0 radical (unpaired) electrons. The lowest BCUT2D eigenvalue weighted by Crippen LogP contribution is -1.82. The number of benzene rings is 1. The van der Waals surface area contributed by atoms with Crippen LogP contribution in [-0.2, 0) is 6.54 Å². The average molecular weight is 214 g/mol. The summed E-state index contributed by atoms with van der Waals surface area (Å²) in [5, 5.41) is 2.81. The van der Waals surface area contributed by atoms with Crippen molar-refractivity contribution >= 4 is 15.9 Å². The van der Waals surface area contributed by atoms with Crippen LogP contribution in [0.1, 0.15) is 11.1 Å². The van der Waals surface area contributed by atoms with E-state index in [2.05, 4.69) is 21.1 Å². The highest BCUT2D eigenvalue weighted by atomic mass is 79.9. The second kappa shape index (κ2) is 3.62. The Bertz CT molecular complexity index is 273. The third kappa shape index (κ3) is 2.12. The Morgan fingerprint density at radius 3 is 2.82 bits per heavy atom. The Kier molecular flexibility index (Phi) is 2.76. The number of hydrogen-bond acceptors (Lipinski definition) is 2. The number of halogens is 1. The maximum atomic E-state index is 9.91. The minimum atomic E-state index is 0.249. The van der Waals surface area contributed by atoms with Crippen LogP contribution in [0.15, 0.2) is 27.8 Å². The molecule has 2 nitrogen and oxygen atoms in total. The summed E-state index contributed by atoms with van der Waals surface area (Å²) in [5.74, 6) is 0. The van der Waals surface area contributed by atoms with Gasteiger partial charge in [0.05, 0.1) is 0 Å². The van der Waals surface area contributed by atoms with Gasteiger partial charge in [-0.1, -0.05) is 33.2 Å². The summed E-state index contributed by atoms with van der Waals surface area (Å²) in [6.07, 6.45) is 0. The summed E-state index contributed by atoms with van der Waals surface area (Å²) in [4.78, 5) is 9.91. The molecule has 58 valence electrons. The van der Waals surface area contributed by atoms with E-state index in [4.69, 9.17) is 0 Å². The monoisotopic (exact) mass is 213 g/mol. The fourth-order valence-corrected chi connectivity index (χ4v) is 1.24. The SMILES string of the molecule is Cc1ccc(CN=O)cc1Br. The van der Waals surface area contributed by atoms with Gasteiger partial charge in [-0.2, -0.15) is 4.91 Å². The highest BCUT2D eigenvalue weighted by Gasteiger charge is 1.96. The molecule has 0 bridgehead atoms. The fraction of sp³-hybridized carbons (Fsp3) is 0.250. The van der Waals surface area contributed by atoms with Crippen molar-refractivity contribution in [2.24, 2.45) is 5.18 Å². The van der Waals surface area contributed by atoms with E-state index < -0.39 is 0 Å². The zero-order valence-electron chi connectivity index (χ0n) is 6.17. The standard InChI is InChI=1S/C8H8BrNO/c1-6-2-3-7(5-10-11)4-8(6)9/h2-4H,5H2,1H3. The van der Waals surface area contributed by atoms with Crippen molar-refractivity contribution in [3.05, 3.63) is 38.7 Å². The van der Waals surface area contributed by atoms with E-state index in [1.807, 2.05) is 25.1 Å². The van der Waals surface area contributed by atoms with Gasteiger partial charge in [0.25, 0.3) is 0 Å². The first-order valence-electron chi connectivity index (χ1n) is 3.28. The first-order chi connectivity index (χ1) is 5.24. The van der Waals surface area contributed by atoms with Crippen LogP contribution in [0, 0.1) is 11.8 Å². The van der Waals surface area contributed by atoms with Gasteiger partial charge in [-0.05, 0) is 24.1 Å². The van der Waals surface area contributed by atoms with Gasteiger partial charge in [0, 0.05) is 4.47 Å². The van der Waals surface area contributed by atoms with Crippen LogP contribution < -0.4 is 0 Å². The van der Waals surface area contributed by atoms with Crippen molar-refractivity contribution < 1.29 is 0 Å². The summed E-state index contributed by atoms with van der Waals surface area (Å²) >= 11 is 3.37. The quantitative estimate of drug-likeness (QED) is 0.695. The summed E-state index contributed by atoms with van der Waals surface area (Å²) in [5.41, 5.74) is 2.11. The normalized spacial score (nSPS) is 9.64. The molecule has 1 rings (SSSR count).